The summed E-state index contributed by atoms with van der Waals surface area (Å²) in [7, 11) is -2.01. The molecular formula is C16H36N2O4Si. The first kappa shape index (κ1) is 22.4. The van der Waals surface area contributed by atoms with Crippen LogP contribution in [0.3, 0.4) is 0 Å². The summed E-state index contributed by atoms with van der Waals surface area (Å²) in [5.41, 5.74) is 4.96. The third-order valence-corrected chi connectivity index (χ3v) is 8.48. The highest BCUT2D eigenvalue weighted by molar-refractivity contribution is 6.74. The van der Waals surface area contributed by atoms with Crippen molar-refractivity contribution in [2.75, 3.05) is 13.1 Å². The summed E-state index contributed by atoms with van der Waals surface area (Å²) in [5.74, 6) is 0. The van der Waals surface area contributed by atoms with Gasteiger partial charge < -0.3 is 25.3 Å². The minimum atomic E-state index is -2.01. The Morgan fingerprint density at radius 1 is 1.22 bits per heavy atom. The number of carbonyl (C=O) groups is 1. The van der Waals surface area contributed by atoms with Gasteiger partial charge in [0, 0.05) is 19.5 Å². The second-order valence-corrected chi connectivity index (χ2v) is 13.3. The van der Waals surface area contributed by atoms with E-state index in [0.29, 0.717) is 13.0 Å². The fourth-order valence-corrected chi connectivity index (χ4v) is 3.04. The lowest BCUT2D eigenvalue weighted by molar-refractivity contribution is 0.0459. The number of alkyl carbamates (subject to hydrolysis) is 1. The Balaban J connectivity index is 4.80. The molecule has 2 atom stereocenters. The number of rotatable bonds is 7. The lowest BCUT2D eigenvalue weighted by atomic mass is 10.1. The van der Waals surface area contributed by atoms with E-state index in [1.165, 1.54) is 0 Å². The average molecular weight is 349 g/mol. The van der Waals surface area contributed by atoms with Crippen molar-refractivity contribution in [3.63, 3.8) is 0 Å². The predicted molar refractivity (Wildman–Crippen MR) is 96.0 cm³/mol. The largest absolute Gasteiger partial charge is 0.444 e. The summed E-state index contributed by atoms with van der Waals surface area (Å²) in [6.07, 6.45) is -1.03. The standard InChI is InChI=1S/C16H36N2O4Si/c1-15(2,3)21-14(20)18-11-13(9-12(19)10-17)22-23(7,8)16(4,5)6/h12-13,19H,9-11,17H2,1-8H3,(H,18,20). The number of amides is 1. The maximum atomic E-state index is 11.8. The van der Waals surface area contributed by atoms with Gasteiger partial charge in [-0.25, -0.2) is 4.79 Å². The third kappa shape index (κ3) is 9.29. The Kier molecular flexibility index (Phi) is 8.23. The molecule has 0 radical (unpaired) electrons. The Bertz CT molecular complexity index is 375. The molecular weight excluding hydrogens is 312 g/mol. The Hall–Kier alpha value is -0.633. The molecule has 0 aromatic rings. The Labute approximate surface area is 142 Å². The van der Waals surface area contributed by atoms with Crippen LogP contribution in [0.25, 0.3) is 0 Å². The predicted octanol–water partition coefficient (Wildman–Crippen LogP) is 2.61. The van der Waals surface area contributed by atoms with Crippen LogP contribution in [0.1, 0.15) is 48.0 Å². The first-order valence-corrected chi connectivity index (χ1v) is 11.1. The number of nitrogens with one attached hydrogen (secondary N) is 1. The van der Waals surface area contributed by atoms with Crippen LogP contribution >= 0.6 is 0 Å². The molecule has 0 aliphatic heterocycles. The number of aliphatic hydroxyl groups is 1. The first-order chi connectivity index (χ1) is 10.2. The van der Waals surface area contributed by atoms with Gasteiger partial charge in [0.1, 0.15) is 5.60 Å². The van der Waals surface area contributed by atoms with E-state index in [1.54, 1.807) is 0 Å². The highest BCUT2D eigenvalue weighted by Gasteiger charge is 2.39. The van der Waals surface area contributed by atoms with Gasteiger partial charge in [-0.3, -0.25) is 0 Å². The summed E-state index contributed by atoms with van der Waals surface area (Å²) in [6, 6.07) is 0. The molecule has 0 heterocycles. The Morgan fingerprint density at radius 3 is 2.13 bits per heavy atom. The molecule has 4 N–H and O–H groups in total. The number of aliphatic hydroxyl groups excluding tert-OH is 1. The molecule has 0 aromatic heterocycles. The van der Waals surface area contributed by atoms with Crippen molar-refractivity contribution in [1.29, 1.82) is 0 Å². The number of hydrogen-bond donors (Lipinski definition) is 3. The summed E-state index contributed by atoms with van der Waals surface area (Å²) in [5, 5.41) is 12.6. The van der Waals surface area contributed by atoms with Gasteiger partial charge in [0.25, 0.3) is 0 Å². The number of carbonyl (C=O) groups excluding carboxylic acids is 1. The SMILES string of the molecule is CC(C)(C)OC(=O)NCC(CC(O)CN)O[Si](C)(C)C(C)(C)C. The van der Waals surface area contributed by atoms with Gasteiger partial charge in [0.2, 0.25) is 0 Å². The second-order valence-electron chi connectivity index (χ2n) is 8.51. The van der Waals surface area contributed by atoms with Crippen molar-refractivity contribution >= 4 is 14.4 Å². The van der Waals surface area contributed by atoms with Gasteiger partial charge in [-0.1, -0.05) is 20.8 Å². The molecule has 1 amide bonds. The van der Waals surface area contributed by atoms with Gasteiger partial charge in [-0.2, -0.15) is 0 Å². The molecule has 6 nitrogen and oxygen atoms in total. The zero-order valence-electron chi connectivity index (χ0n) is 16.0. The summed E-state index contributed by atoms with van der Waals surface area (Å²) >= 11 is 0. The van der Waals surface area contributed by atoms with Crippen molar-refractivity contribution in [3.8, 4) is 0 Å². The van der Waals surface area contributed by atoms with Gasteiger partial charge in [0.05, 0.1) is 12.2 Å². The van der Waals surface area contributed by atoms with Crippen LogP contribution in [0.5, 0.6) is 0 Å². The second kappa shape index (κ2) is 8.46. The molecule has 0 fully saturated rings. The van der Waals surface area contributed by atoms with Crippen molar-refractivity contribution in [1.82, 2.24) is 5.32 Å². The quantitative estimate of drug-likeness (QED) is 0.615. The van der Waals surface area contributed by atoms with Crippen LogP contribution < -0.4 is 11.1 Å². The van der Waals surface area contributed by atoms with E-state index in [2.05, 4.69) is 39.2 Å². The smallest absolute Gasteiger partial charge is 0.407 e. The Morgan fingerprint density at radius 2 is 1.74 bits per heavy atom. The van der Waals surface area contributed by atoms with Gasteiger partial charge in [0.15, 0.2) is 8.32 Å². The normalized spacial score (nSPS) is 15.9. The minimum Gasteiger partial charge on any atom is -0.444 e. The molecule has 0 saturated carbocycles. The van der Waals surface area contributed by atoms with Crippen LogP contribution in [0.15, 0.2) is 0 Å². The van der Waals surface area contributed by atoms with Crippen molar-refractivity contribution in [3.05, 3.63) is 0 Å². The molecule has 23 heavy (non-hydrogen) atoms. The van der Waals surface area contributed by atoms with E-state index in [1.807, 2.05) is 20.8 Å². The van der Waals surface area contributed by atoms with Crippen LogP contribution in [0.2, 0.25) is 18.1 Å². The van der Waals surface area contributed by atoms with Crippen molar-refractivity contribution < 1.29 is 19.1 Å². The molecule has 0 aliphatic carbocycles. The topological polar surface area (TPSA) is 93.8 Å². The highest BCUT2D eigenvalue weighted by atomic mass is 28.4. The molecule has 7 heteroatoms. The van der Waals surface area contributed by atoms with E-state index in [-0.39, 0.29) is 17.7 Å². The molecule has 0 aromatic carbocycles. The summed E-state index contributed by atoms with van der Waals surface area (Å²) in [4.78, 5) is 11.8. The molecule has 0 saturated heterocycles. The number of nitrogens with two attached hydrogens (primary N) is 1. The fraction of sp³-hybridized carbons (Fsp3) is 0.938. The van der Waals surface area contributed by atoms with Gasteiger partial charge in [-0.15, -0.1) is 0 Å². The van der Waals surface area contributed by atoms with Crippen LogP contribution in [-0.4, -0.2) is 50.4 Å². The molecule has 0 rings (SSSR count). The van der Waals surface area contributed by atoms with E-state index in [9.17, 15) is 9.90 Å². The molecule has 0 spiro atoms. The number of ether oxygens (including phenoxy) is 1. The van der Waals surface area contributed by atoms with Crippen LogP contribution in [-0.2, 0) is 9.16 Å². The molecule has 2 unspecified atom stereocenters. The summed E-state index contributed by atoms with van der Waals surface area (Å²) < 4.78 is 11.5. The molecule has 138 valence electrons. The lowest BCUT2D eigenvalue weighted by Gasteiger charge is -2.39. The minimum absolute atomic E-state index is 0.0465. The van der Waals surface area contributed by atoms with E-state index < -0.39 is 26.1 Å². The zero-order chi connectivity index (χ0) is 18.5. The van der Waals surface area contributed by atoms with Crippen molar-refractivity contribution in [2.24, 2.45) is 5.73 Å². The van der Waals surface area contributed by atoms with E-state index in [0.717, 1.165) is 0 Å². The average Bonchev–Trinajstić information content (AvgIpc) is 2.31. The van der Waals surface area contributed by atoms with Crippen molar-refractivity contribution in [2.45, 2.75) is 83.9 Å². The zero-order valence-corrected chi connectivity index (χ0v) is 17.0. The highest BCUT2D eigenvalue weighted by Crippen LogP contribution is 2.37. The number of hydrogen-bond acceptors (Lipinski definition) is 5. The van der Waals surface area contributed by atoms with Gasteiger partial charge in [-0.05, 0) is 38.9 Å². The van der Waals surface area contributed by atoms with Crippen LogP contribution in [0.4, 0.5) is 4.79 Å². The van der Waals surface area contributed by atoms with Crippen LogP contribution in [0, 0.1) is 0 Å². The third-order valence-electron chi connectivity index (χ3n) is 3.95. The van der Waals surface area contributed by atoms with E-state index >= 15 is 0 Å². The first-order valence-electron chi connectivity index (χ1n) is 8.21. The maximum absolute atomic E-state index is 11.8. The van der Waals surface area contributed by atoms with Gasteiger partial charge >= 0.3 is 6.09 Å². The molecule has 0 bridgehead atoms. The lowest BCUT2D eigenvalue weighted by Crippen LogP contribution is -2.48. The summed E-state index contributed by atoms with van der Waals surface area (Å²) in [6.45, 7) is 16.6. The monoisotopic (exact) mass is 348 g/mol. The van der Waals surface area contributed by atoms with E-state index in [4.69, 9.17) is 14.9 Å². The molecule has 0 aliphatic rings. The fourth-order valence-electron chi connectivity index (χ4n) is 1.68. The maximum Gasteiger partial charge on any atom is 0.407 e.